The summed E-state index contributed by atoms with van der Waals surface area (Å²) in [7, 11) is 1.69. The first-order valence-corrected chi connectivity index (χ1v) is 7.06. The van der Waals surface area contributed by atoms with Crippen molar-refractivity contribution in [3.05, 3.63) is 34.9 Å². The number of hydrogen-bond acceptors (Lipinski definition) is 2. The number of ether oxygens (including phenoxy) is 1. The summed E-state index contributed by atoms with van der Waals surface area (Å²) in [6, 6.07) is 7.38. The Hall–Kier alpha value is -0.570. The number of halogens is 1. The number of hydrogen-bond donors (Lipinski definition) is 1. The zero-order valence-corrected chi connectivity index (χ0v) is 11.6. The van der Waals surface area contributed by atoms with Gasteiger partial charge in [0.05, 0.1) is 6.10 Å². The maximum Gasteiger partial charge on any atom is 0.105 e. The zero-order chi connectivity index (χ0) is 13.0. The van der Waals surface area contributed by atoms with E-state index in [9.17, 15) is 5.11 Å². The van der Waals surface area contributed by atoms with E-state index in [2.05, 4.69) is 0 Å². The summed E-state index contributed by atoms with van der Waals surface area (Å²) >= 11 is 5.87. The molecule has 0 heterocycles. The number of methoxy groups -OCH3 is 1. The lowest BCUT2D eigenvalue weighted by Crippen LogP contribution is -2.31. The zero-order valence-electron chi connectivity index (χ0n) is 10.8. The highest BCUT2D eigenvalue weighted by Gasteiger charge is 2.30. The van der Waals surface area contributed by atoms with E-state index in [-0.39, 0.29) is 6.10 Å². The standard InChI is InChI=1S/C15H21ClO2/c1-18-15(12-5-3-2-4-6-12)14(17)11-7-9-13(16)10-8-11/h7-10,12,14-15,17H,2-6H2,1H3. The predicted octanol–water partition coefficient (Wildman–Crippen LogP) is 3.97. The molecular weight excluding hydrogens is 248 g/mol. The fourth-order valence-corrected chi connectivity index (χ4v) is 3.02. The second-order valence-electron chi connectivity index (χ2n) is 5.09. The molecule has 1 N–H and O–H groups in total. The molecule has 1 aliphatic carbocycles. The van der Waals surface area contributed by atoms with Gasteiger partial charge in [0, 0.05) is 12.1 Å². The Morgan fingerprint density at radius 1 is 1.17 bits per heavy atom. The Morgan fingerprint density at radius 3 is 2.33 bits per heavy atom. The van der Waals surface area contributed by atoms with Gasteiger partial charge in [-0.25, -0.2) is 0 Å². The average Bonchev–Trinajstić information content (AvgIpc) is 2.41. The van der Waals surface area contributed by atoms with Crippen molar-refractivity contribution in [3.63, 3.8) is 0 Å². The van der Waals surface area contributed by atoms with E-state index >= 15 is 0 Å². The van der Waals surface area contributed by atoms with Crippen LogP contribution in [0.25, 0.3) is 0 Å². The molecule has 0 aliphatic heterocycles. The summed E-state index contributed by atoms with van der Waals surface area (Å²) in [5, 5.41) is 11.1. The van der Waals surface area contributed by atoms with Gasteiger partial charge in [-0.1, -0.05) is 43.0 Å². The lowest BCUT2D eigenvalue weighted by molar-refractivity contribution is -0.0559. The molecule has 2 nitrogen and oxygen atoms in total. The van der Waals surface area contributed by atoms with E-state index in [1.807, 2.05) is 24.3 Å². The molecule has 100 valence electrons. The van der Waals surface area contributed by atoms with Crippen LogP contribution in [0.3, 0.4) is 0 Å². The summed E-state index contributed by atoms with van der Waals surface area (Å²) in [6.07, 6.45) is 5.45. The number of aliphatic hydroxyl groups is 1. The van der Waals surface area contributed by atoms with Crippen molar-refractivity contribution in [1.29, 1.82) is 0 Å². The van der Waals surface area contributed by atoms with Gasteiger partial charge in [-0.3, -0.25) is 0 Å². The van der Waals surface area contributed by atoms with E-state index in [1.165, 1.54) is 19.3 Å². The molecule has 1 aromatic rings. The van der Waals surface area contributed by atoms with E-state index in [4.69, 9.17) is 16.3 Å². The number of benzene rings is 1. The van der Waals surface area contributed by atoms with Crippen molar-refractivity contribution >= 4 is 11.6 Å². The first-order valence-electron chi connectivity index (χ1n) is 6.68. The highest BCUT2D eigenvalue weighted by Crippen LogP contribution is 2.34. The van der Waals surface area contributed by atoms with Crippen molar-refractivity contribution < 1.29 is 9.84 Å². The maximum atomic E-state index is 10.5. The van der Waals surface area contributed by atoms with Gasteiger partial charge in [-0.15, -0.1) is 0 Å². The summed E-state index contributed by atoms with van der Waals surface area (Å²) in [5.41, 5.74) is 0.886. The molecule has 0 spiro atoms. The molecule has 1 aliphatic rings. The van der Waals surface area contributed by atoms with Crippen LogP contribution in [0.4, 0.5) is 0 Å². The average molecular weight is 269 g/mol. The van der Waals surface area contributed by atoms with E-state index in [1.54, 1.807) is 7.11 Å². The van der Waals surface area contributed by atoms with Crippen molar-refractivity contribution in [2.45, 2.75) is 44.3 Å². The van der Waals surface area contributed by atoms with Crippen molar-refractivity contribution in [1.82, 2.24) is 0 Å². The SMILES string of the molecule is COC(C1CCCCC1)C(O)c1ccc(Cl)cc1. The molecular formula is C15H21ClO2. The summed E-state index contributed by atoms with van der Waals surface area (Å²) in [5.74, 6) is 0.467. The Labute approximate surface area is 114 Å². The van der Waals surface area contributed by atoms with Gasteiger partial charge in [-0.2, -0.15) is 0 Å². The highest BCUT2D eigenvalue weighted by atomic mass is 35.5. The van der Waals surface area contributed by atoms with Gasteiger partial charge >= 0.3 is 0 Å². The van der Waals surface area contributed by atoms with Crippen LogP contribution in [0.15, 0.2) is 24.3 Å². The second kappa shape index (κ2) is 6.55. The molecule has 1 fully saturated rings. The van der Waals surface area contributed by atoms with Crippen molar-refractivity contribution in [3.8, 4) is 0 Å². The molecule has 2 atom stereocenters. The second-order valence-corrected chi connectivity index (χ2v) is 5.53. The first-order chi connectivity index (χ1) is 8.72. The molecule has 0 radical (unpaired) electrons. The van der Waals surface area contributed by atoms with Crippen LogP contribution >= 0.6 is 11.6 Å². The molecule has 0 saturated heterocycles. The Balaban J connectivity index is 2.08. The fourth-order valence-electron chi connectivity index (χ4n) is 2.89. The van der Waals surface area contributed by atoms with Crippen molar-refractivity contribution in [2.24, 2.45) is 5.92 Å². The van der Waals surface area contributed by atoms with Gasteiger partial charge in [0.2, 0.25) is 0 Å². The quantitative estimate of drug-likeness (QED) is 0.895. The van der Waals surface area contributed by atoms with Crippen LogP contribution in [0.5, 0.6) is 0 Å². The number of aliphatic hydroxyl groups excluding tert-OH is 1. The topological polar surface area (TPSA) is 29.5 Å². The van der Waals surface area contributed by atoms with Crippen molar-refractivity contribution in [2.75, 3.05) is 7.11 Å². The van der Waals surface area contributed by atoms with Gasteiger partial charge < -0.3 is 9.84 Å². The maximum absolute atomic E-state index is 10.5. The van der Waals surface area contributed by atoms with Crippen LogP contribution in [-0.4, -0.2) is 18.3 Å². The van der Waals surface area contributed by atoms with Gasteiger partial charge in [0.25, 0.3) is 0 Å². The van der Waals surface area contributed by atoms with E-state index < -0.39 is 6.10 Å². The molecule has 1 aromatic carbocycles. The monoisotopic (exact) mass is 268 g/mol. The number of rotatable bonds is 4. The largest absolute Gasteiger partial charge is 0.386 e. The third-order valence-corrected chi connectivity index (χ3v) is 4.16. The molecule has 2 unspecified atom stereocenters. The fraction of sp³-hybridized carbons (Fsp3) is 0.600. The third-order valence-electron chi connectivity index (χ3n) is 3.91. The minimum absolute atomic E-state index is 0.105. The Bertz CT molecular complexity index is 357. The summed E-state index contributed by atoms with van der Waals surface area (Å²) in [4.78, 5) is 0. The minimum atomic E-state index is -0.560. The normalized spacial score (nSPS) is 20.6. The third kappa shape index (κ3) is 3.25. The van der Waals surface area contributed by atoms with Crippen LogP contribution in [0.2, 0.25) is 5.02 Å². The van der Waals surface area contributed by atoms with Crippen LogP contribution < -0.4 is 0 Å². The van der Waals surface area contributed by atoms with E-state index in [0.29, 0.717) is 10.9 Å². The Kier molecular flexibility index (Phi) is 5.04. The smallest absolute Gasteiger partial charge is 0.105 e. The molecule has 3 heteroatoms. The summed E-state index contributed by atoms with van der Waals surface area (Å²) < 4.78 is 5.55. The lowest BCUT2D eigenvalue weighted by atomic mass is 9.82. The van der Waals surface area contributed by atoms with Gasteiger partial charge in [0.1, 0.15) is 6.10 Å². The first kappa shape index (κ1) is 13.9. The van der Waals surface area contributed by atoms with Gasteiger partial charge in [-0.05, 0) is 36.5 Å². The molecule has 1 saturated carbocycles. The molecule has 0 bridgehead atoms. The minimum Gasteiger partial charge on any atom is -0.386 e. The molecule has 0 amide bonds. The van der Waals surface area contributed by atoms with Crippen LogP contribution in [-0.2, 0) is 4.74 Å². The van der Waals surface area contributed by atoms with Crippen LogP contribution in [0.1, 0.15) is 43.8 Å². The highest BCUT2D eigenvalue weighted by molar-refractivity contribution is 6.30. The molecule has 2 rings (SSSR count). The molecule has 0 aromatic heterocycles. The van der Waals surface area contributed by atoms with Gasteiger partial charge in [0.15, 0.2) is 0 Å². The van der Waals surface area contributed by atoms with E-state index in [0.717, 1.165) is 18.4 Å². The predicted molar refractivity (Wildman–Crippen MR) is 73.8 cm³/mol. The summed E-state index contributed by atoms with van der Waals surface area (Å²) in [6.45, 7) is 0. The lowest BCUT2D eigenvalue weighted by Gasteiger charge is -2.32. The van der Waals surface area contributed by atoms with Crippen LogP contribution in [0, 0.1) is 5.92 Å². The molecule has 18 heavy (non-hydrogen) atoms. The Morgan fingerprint density at radius 2 is 1.78 bits per heavy atom.